The number of carbonyl (C=O) groups is 2. The zero-order chi connectivity index (χ0) is 18.6. The fourth-order valence-corrected chi connectivity index (χ4v) is 2.50. The summed E-state index contributed by atoms with van der Waals surface area (Å²) in [6.45, 7) is 5.20. The second-order valence-corrected chi connectivity index (χ2v) is 5.40. The highest BCUT2D eigenvalue weighted by atomic mass is 19.1. The topological polar surface area (TPSA) is 83.0 Å². The van der Waals surface area contributed by atoms with Gasteiger partial charge in [-0.25, -0.2) is 9.18 Å². The van der Waals surface area contributed by atoms with E-state index in [1.54, 1.807) is 20.8 Å². The first kappa shape index (κ1) is 18.1. The van der Waals surface area contributed by atoms with Crippen LogP contribution in [-0.4, -0.2) is 23.3 Å². The molecule has 0 bridgehead atoms. The molecular formula is C19H17FN2O3. The van der Waals surface area contributed by atoms with Crippen molar-refractivity contribution in [2.45, 2.75) is 20.8 Å². The molecule has 1 N–H and O–H groups in total. The predicted molar refractivity (Wildman–Crippen MR) is 90.5 cm³/mol. The highest BCUT2D eigenvalue weighted by Crippen LogP contribution is 2.22. The molecule has 0 unspecified atom stereocenters. The minimum absolute atomic E-state index is 0.119. The number of aromatic nitrogens is 1. The molecule has 0 saturated carbocycles. The van der Waals surface area contributed by atoms with Crippen LogP contribution in [0, 0.1) is 31.0 Å². The van der Waals surface area contributed by atoms with Crippen LogP contribution in [-0.2, 0) is 4.74 Å². The maximum Gasteiger partial charge on any atom is 0.340 e. The lowest BCUT2D eigenvalue weighted by Gasteiger charge is -2.02. The van der Waals surface area contributed by atoms with Crippen molar-refractivity contribution in [3.8, 4) is 6.07 Å². The normalized spacial score (nSPS) is 11.1. The van der Waals surface area contributed by atoms with Crippen LogP contribution in [0.3, 0.4) is 0 Å². The van der Waals surface area contributed by atoms with Gasteiger partial charge >= 0.3 is 5.97 Å². The third-order valence-electron chi connectivity index (χ3n) is 3.69. The van der Waals surface area contributed by atoms with Gasteiger partial charge in [-0.2, -0.15) is 5.26 Å². The summed E-state index contributed by atoms with van der Waals surface area (Å²) in [5.41, 5.74) is 1.79. The Bertz CT molecular complexity index is 887. The number of nitrogens with one attached hydrogen (secondary N) is 1. The van der Waals surface area contributed by atoms with E-state index < -0.39 is 17.6 Å². The van der Waals surface area contributed by atoms with E-state index >= 15 is 0 Å². The Labute approximate surface area is 144 Å². The van der Waals surface area contributed by atoms with Crippen molar-refractivity contribution in [1.29, 1.82) is 5.26 Å². The van der Waals surface area contributed by atoms with E-state index in [1.807, 2.05) is 6.07 Å². The largest absolute Gasteiger partial charge is 0.462 e. The summed E-state index contributed by atoms with van der Waals surface area (Å²) in [6, 6.07) is 7.28. The zero-order valence-corrected chi connectivity index (χ0v) is 14.1. The SMILES string of the molecule is CCOC(=O)c1c(C)[nH]c(C(=O)/C(C#N)=C\c2ccc(F)cc2)c1C. The summed E-state index contributed by atoms with van der Waals surface area (Å²) in [4.78, 5) is 27.5. The van der Waals surface area contributed by atoms with Crippen molar-refractivity contribution in [3.63, 3.8) is 0 Å². The molecule has 0 aliphatic rings. The summed E-state index contributed by atoms with van der Waals surface area (Å²) in [5.74, 6) is -1.46. The molecule has 2 rings (SSSR count). The van der Waals surface area contributed by atoms with E-state index in [0.29, 0.717) is 22.4 Å². The third-order valence-corrected chi connectivity index (χ3v) is 3.69. The van der Waals surface area contributed by atoms with E-state index in [-0.39, 0.29) is 17.9 Å². The fourth-order valence-electron chi connectivity index (χ4n) is 2.50. The molecule has 0 aliphatic heterocycles. The molecule has 5 nitrogen and oxygen atoms in total. The number of nitriles is 1. The number of aryl methyl sites for hydroxylation is 1. The Morgan fingerprint density at radius 2 is 1.92 bits per heavy atom. The number of ether oxygens (including phenoxy) is 1. The molecule has 0 radical (unpaired) electrons. The van der Waals surface area contributed by atoms with E-state index in [2.05, 4.69) is 4.98 Å². The van der Waals surface area contributed by atoms with Crippen LogP contribution in [0.4, 0.5) is 4.39 Å². The fraction of sp³-hybridized carbons (Fsp3) is 0.211. The summed E-state index contributed by atoms with van der Waals surface area (Å²) in [5, 5.41) is 9.32. The smallest absolute Gasteiger partial charge is 0.340 e. The Hall–Kier alpha value is -3.20. The van der Waals surface area contributed by atoms with Gasteiger partial charge in [0, 0.05) is 5.69 Å². The van der Waals surface area contributed by atoms with E-state index in [1.165, 1.54) is 30.3 Å². The lowest BCUT2D eigenvalue weighted by atomic mass is 10.0. The summed E-state index contributed by atoms with van der Waals surface area (Å²) in [6.07, 6.45) is 1.38. The number of Topliss-reactive ketones (excluding diaryl/α,β-unsaturated/α-hetero) is 1. The lowest BCUT2D eigenvalue weighted by molar-refractivity contribution is 0.0525. The van der Waals surface area contributed by atoms with Gasteiger partial charge in [-0.05, 0) is 50.1 Å². The molecule has 0 aliphatic carbocycles. The van der Waals surface area contributed by atoms with Crippen molar-refractivity contribution < 1.29 is 18.7 Å². The van der Waals surface area contributed by atoms with Gasteiger partial charge in [0.2, 0.25) is 5.78 Å². The van der Waals surface area contributed by atoms with Gasteiger partial charge in [-0.1, -0.05) is 12.1 Å². The predicted octanol–water partition coefficient (Wildman–Crippen LogP) is 3.74. The van der Waals surface area contributed by atoms with Crippen LogP contribution in [0.2, 0.25) is 0 Å². The first-order valence-corrected chi connectivity index (χ1v) is 7.67. The average Bonchev–Trinajstić information content (AvgIpc) is 2.88. The number of carbonyl (C=O) groups excluding carboxylic acids is 2. The van der Waals surface area contributed by atoms with Crippen molar-refractivity contribution in [1.82, 2.24) is 4.98 Å². The number of aromatic amines is 1. The Kier molecular flexibility index (Phi) is 5.50. The van der Waals surface area contributed by atoms with Crippen molar-refractivity contribution in [3.05, 3.63) is 63.7 Å². The molecular weight excluding hydrogens is 323 g/mol. The van der Waals surface area contributed by atoms with Crippen molar-refractivity contribution >= 4 is 17.8 Å². The lowest BCUT2D eigenvalue weighted by Crippen LogP contribution is -2.08. The molecule has 1 heterocycles. The number of benzene rings is 1. The summed E-state index contributed by atoms with van der Waals surface area (Å²) in [7, 11) is 0. The van der Waals surface area contributed by atoms with Crippen LogP contribution in [0.15, 0.2) is 29.8 Å². The number of H-pyrrole nitrogens is 1. The molecule has 1 aromatic heterocycles. The standard InChI is InChI=1S/C19H17FN2O3/c1-4-25-19(24)16-11(2)17(22-12(16)3)18(23)14(10-21)9-13-5-7-15(20)8-6-13/h5-9,22H,4H2,1-3H3/b14-9-. The van der Waals surface area contributed by atoms with Crippen molar-refractivity contribution in [2.24, 2.45) is 0 Å². The second kappa shape index (κ2) is 7.58. The molecule has 6 heteroatoms. The van der Waals surface area contributed by atoms with Crippen LogP contribution in [0.1, 0.15) is 44.6 Å². The Morgan fingerprint density at radius 3 is 2.48 bits per heavy atom. The molecule has 0 amide bonds. The van der Waals surface area contributed by atoms with Crippen LogP contribution < -0.4 is 0 Å². The van der Waals surface area contributed by atoms with Gasteiger partial charge in [0.05, 0.1) is 17.9 Å². The minimum Gasteiger partial charge on any atom is -0.462 e. The van der Waals surface area contributed by atoms with Gasteiger partial charge < -0.3 is 9.72 Å². The molecule has 128 valence electrons. The highest BCUT2D eigenvalue weighted by molar-refractivity contribution is 6.15. The monoisotopic (exact) mass is 340 g/mol. The van der Waals surface area contributed by atoms with Gasteiger partial charge in [-0.3, -0.25) is 4.79 Å². The van der Waals surface area contributed by atoms with Gasteiger partial charge in [0.1, 0.15) is 17.5 Å². The minimum atomic E-state index is -0.539. The number of esters is 1. The molecule has 1 aromatic carbocycles. The third kappa shape index (κ3) is 3.83. The van der Waals surface area contributed by atoms with E-state index in [4.69, 9.17) is 4.74 Å². The quantitative estimate of drug-likeness (QED) is 0.389. The number of halogens is 1. The maximum atomic E-state index is 13.0. The molecule has 0 atom stereocenters. The number of hydrogen-bond acceptors (Lipinski definition) is 4. The molecule has 0 fully saturated rings. The number of rotatable bonds is 5. The van der Waals surface area contributed by atoms with Gasteiger partial charge in [-0.15, -0.1) is 0 Å². The van der Waals surface area contributed by atoms with E-state index in [9.17, 15) is 19.2 Å². The molecule has 0 spiro atoms. The van der Waals surface area contributed by atoms with Crippen LogP contribution >= 0.6 is 0 Å². The second-order valence-electron chi connectivity index (χ2n) is 5.40. The Morgan fingerprint density at radius 1 is 1.28 bits per heavy atom. The Balaban J connectivity index is 2.42. The molecule has 25 heavy (non-hydrogen) atoms. The first-order valence-electron chi connectivity index (χ1n) is 7.67. The van der Waals surface area contributed by atoms with Gasteiger partial charge in [0.25, 0.3) is 0 Å². The van der Waals surface area contributed by atoms with Crippen LogP contribution in [0.5, 0.6) is 0 Å². The van der Waals surface area contributed by atoms with Crippen LogP contribution in [0.25, 0.3) is 6.08 Å². The van der Waals surface area contributed by atoms with E-state index in [0.717, 1.165) is 0 Å². The number of ketones is 1. The molecule has 0 saturated heterocycles. The summed E-state index contributed by atoms with van der Waals surface area (Å²) < 4.78 is 18.0. The van der Waals surface area contributed by atoms with Crippen molar-refractivity contribution in [2.75, 3.05) is 6.61 Å². The number of nitrogens with zero attached hydrogens (tertiary/aromatic N) is 1. The highest BCUT2D eigenvalue weighted by Gasteiger charge is 2.24. The molecule has 2 aromatic rings. The first-order chi connectivity index (χ1) is 11.9. The number of hydrogen-bond donors (Lipinski definition) is 1. The number of allylic oxidation sites excluding steroid dienone is 1. The zero-order valence-electron chi connectivity index (χ0n) is 14.1. The summed E-state index contributed by atoms with van der Waals surface area (Å²) >= 11 is 0. The average molecular weight is 340 g/mol. The maximum absolute atomic E-state index is 13.0. The van der Waals surface area contributed by atoms with Gasteiger partial charge in [0.15, 0.2) is 0 Å².